The van der Waals surface area contributed by atoms with Crippen molar-refractivity contribution in [1.29, 1.82) is 0 Å². The van der Waals surface area contributed by atoms with E-state index in [1.807, 2.05) is 43.3 Å². The van der Waals surface area contributed by atoms with Crippen molar-refractivity contribution in [3.05, 3.63) is 94.5 Å². The highest BCUT2D eigenvalue weighted by molar-refractivity contribution is 5.64. The zero-order valence-corrected chi connectivity index (χ0v) is 18.3. The predicted octanol–water partition coefficient (Wildman–Crippen LogP) is 5.84. The molecule has 3 nitrogen and oxygen atoms in total. The highest BCUT2D eigenvalue weighted by Gasteiger charge is 2.30. The highest BCUT2D eigenvalue weighted by atomic mass is 19.4. The maximum atomic E-state index is 12.8. The van der Waals surface area contributed by atoms with Crippen molar-refractivity contribution < 1.29 is 28.1 Å². The van der Waals surface area contributed by atoms with Gasteiger partial charge in [0.1, 0.15) is 0 Å². The molecule has 0 aromatic heterocycles. The molecule has 3 aromatic rings. The van der Waals surface area contributed by atoms with Crippen LogP contribution in [0.25, 0.3) is 11.1 Å². The molecule has 1 aliphatic heterocycles. The second kappa shape index (κ2) is 9.67. The van der Waals surface area contributed by atoms with E-state index in [1.165, 1.54) is 12.1 Å². The van der Waals surface area contributed by atoms with Gasteiger partial charge in [-0.3, -0.25) is 0 Å². The van der Waals surface area contributed by atoms with Gasteiger partial charge in [0.25, 0.3) is 0 Å². The Bertz CT molecular complexity index is 1080. The molecule has 0 radical (unpaired) electrons. The van der Waals surface area contributed by atoms with Gasteiger partial charge in [0, 0.05) is 12.8 Å². The summed E-state index contributed by atoms with van der Waals surface area (Å²) in [5.41, 5.74) is 5.28. The fourth-order valence-corrected chi connectivity index (χ4v) is 4.29. The first kappa shape index (κ1) is 23.5. The first-order valence-corrected chi connectivity index (χ1v) is 11.0. The minimum Gasteiger partial charge on any atom is -0.394 e. The summed E-state index contributed by atoms with van der Waals surface area (Å²) in [6.07, 6.45) is -3.81. The molecule has 1 saturated heterocycles. The Kier molecular flexibility index (Phi) is 6.88. The number of benzene rings is 3. The van der Waals surface area contributed by atoms with Gasteiger partial charge in [0.2, 0.25) is 0 Å². The third-order valence-electron chi connectivity index (χ3n) is 6.22. The van der Waals surface area contributed by atoms with Crippen LogP contribution >= 0.6 is 0 Å². The average Bonchev–Trinajstić information content (AvgIpc) is 2.80. The van der Waals surface area contributed by atoms with Crippen LogP contribution in [0.15, 0.2) is 66.7 Å². The van der Waals surface area contributed by atoms with Gasteiger partial charge in [-0.1, -0.05) is 54.6 Å². The van der Waals surface area contributed by atoms with E-state index >= 15 is 0 Å². The normalized spacial score (nSPS) is 21.2. The summed E-state index contributed by atoms with van der Waals surface area (Å²) in [6, 6.07) is 19.1. The number of aryl methyl sites for hydroxylation is 1. The third kappa shape index (κ3) is 5.64. The first-order valence-electron chi connectivity index (χ1n) is 11.0. The van der Waals surface area contributed by atoms with Gasteiger partial charge < -0.3 is 14.9 Å². The van der Waals surface area contributed by atoms with Gasteiger partial charge in [0.05, 0.1) is 30.5 Å². The second-order valence-electron chi connectivity index (χ2n) is 8.69. The lowest BCUT2D eigenvalue weighted by atomic mass is 9.92. The number of alkyl halides is 3. The van der Waals surface area contributed by atoms with Gasteiger partial charge in [-0.25, -0.2) is 0 Å². The predicted molar refractivity (Wildman–Crippen MR) is 121 cm³/mol. The maximum absolute atomic E-state index is 12.8. The van der Waals surface area contributed by atoms with E-state index in [0.717, 1.165) is 45.5 Å². The monoisotopic (exact) mass is 456 g/mol. The molecule has 1 aliphatic rings. The molecule has 0 spiro atoms. The Morgan fingerprint density at radius 3 is 2.15 bits per heavy atom. The number of hydrogen-bond acceptors (Lipinski definition) is 3. The topological polar surface area (TPSA) is 49.7 Å². The highest BCUT2D eigenvalue weighted by Crippen LogP contribution is 2.33. The summed E-state index contributed by atoms with van der Waals surface area (Å²) < 4.78 is 44.3. The maximum Gasteiger partial charge on any atom is 0.416 e. The smallest absolute Gasteiger partial charge is 0.394 e. The molecule has 6 heteroatoms. The summed E-state index contributed by atoms with van der Waals surface area (Å²) in [6.45, 7) is 1.93. The van der Waals surface area contributed by atoms with Crippen LogP contribution in [-0.4, -0.2) is 29.0 Å². The number of aliphatic hydroxyl groups is 2. The summed E-state index contributed by atoms with van der Waals surface area (Å²) in [5.74, 6) is 0. The van der Waals surface area contributed by atoms with Crippen molar-refractivity contribution in [3.63, 3.8) is 0 Å². The molecule has 1 fully saturated rings. The van der Waals surface area contributed by atoms with Crippen LogP contribution < -0.4 is 0 Å². The number of aliphatic hydroxyl groups excluding tert-OH is 2. The molecular formula is C27H27F3O3. The quantitative estimate of drug-likeness (QED) is 0.507. The van der Waals surface area contributed by atoms with Gasteiger partial charge in [-0.05, 0) is 58.9 Å². The van der Waals surface area contributed by atoms with Crippen LogP contribution in [-0.2, 0) is 17.3 Å². The molecule has 3 aromatic carbocycles. The van der Waals surface area contributed by atoms with Crippen molar-refractivity contribution in [2.45, 2.75) is 50.7 Å². The zero-order chi connectivity index (χ0) is 23.6. The third-order valence-corrected chi connectivity index (χ3v) is 6.22. The van der Waals surface area contributed by atoms with Crippen molar-refractivity contribution in [1.82, 2.24) is 0 Å². The Morgan fingerprint density at radius 2 is 1.55 bits per heavy atom. The zero-order valence-electron chi connectivity index (χ0n) is 18.3. The Hall–Kier alpha value is -2.67. The number of halogens is 3. The number of ether oxygens (including phenoxy) is 1. The minimum atomic E-state index is -4.34. The average molecular weight is 457 g/mol. The summed E-state index contributed by atoms with van der Waals surface area (Å²) in [7, 11) is 0. The fraction of sp³-hybridized carbons (Fsp3) is 0.333. The van der Waals surface area contributed by atoms with E-state index in [2.05, 4.69) is 6.07 Å². The van der Waals surface area contributed by atoms with Crippen molar-refractivity contribution in [2.75, 3.05) is 6.61 Å². The van der Waals surface area contributed by atoms with Crippen LogP contribution in [0.4, 0.5) is 13.2 Å². The molecule has 0 amide bonds. The van der Waals surface area contributed by atoms with E-state index < -0.39 is 17.8 Å². The molecule has 33 heavy (non-hydrogen) atoms. The van der Waals surface area contributed by atoms with Crippen LogP contribution in [0.5, 0.6) is 0 Å². The standard InChI is InChI=1S/C27H27F3O3/c1-17-2-5-21(26-15-24(32)14-25(16-31)33-26)13-22(17)12-18-3-6-19(7-4-18)20-8-10-23(11-9-20)27(28,29)30/h2-11,13,24-26,31-32H,12,14-16H2,1H3. The van der Waals surface area contributed by atoms with E-state index in [0.29, 0.717) is 19.3 Å². The molecule has 3 atom stereocenters. The molecule has 1 heterocycles. The lowest BCUT2D eigenvalue weighted by molar-refractivity contribution is -0.137. The van der Waals surface area contributed by atoms with Crippen LogP contribution in [0.3, 0.4) is 0 Å². The molecule has 4 rings (SSSR count). The van der Waals surface area contributed by atoms with E-state index in [-0.39, 0.29) is 18.8 Å². The van der Waals surface area contributed by atoms with Crippen molar-refractivity contribution in [3.8, 4) is 11.1 Å². The summed E-state index contributed by atoms with van der Waals surface area (Å²) in [4.78, 5) is 0. The Morgan fingerprint density at radius 1 is 0.909 bits per heavy atom. The number of hydrogen-bond donors (Lipinski definition) is 2. The lowest BCUT2D eigenvalue weighted by Gasteiger charge is -2.32. The second-order valence-corrected chi connectivity index (χ2v) is 8.69. The van der Waals surface area contributed by atoms with E-state index in [1.54, 1.807) is 0 Å². The Labute approximate surface area is 191 Å². The van der Waals surface area contributed by atoms with Gasteiger partial charge in [0.15, 0.2) is 0 Å². The van der Waals surface area contributed by atoms with Crippen LogP contribution in [0, 0.1) is 6.92 Å². The minimum absolute atomic E-state index is 0.114. The Balaban J connectivity index is 1.49. The SMILES string of the molecule is Cc1ccc(C2CC(O)CC(CO)O2)cc1Cc1ccc(-c2ccc(C(F)(F)F)cc2)cc1. The molecule has 0 bridgehead atoms. The van der Waals surface area contributed by atoms with Crippen molar-refractivity contribution >= 4 is 0 Å². The summed E-state index contributed by atoms with van der Waals surface area (Å²) >= 11 is 0. The van der Waals surface area contributed by atoms with Gasteiger partial charge in [-0.2, -0.15) is 13.2 Å². The molecule has 0 saturated carbocycles. The first-order chi connectivity index (χ1) is 15.7. The molecule has 174 valence electrons. The van der Waals surface area contributed by atoms with E-state index in [9.17, 15) is 23.4 Å². The molecule has 3 unspecified atom stereocenters. The summed E-state index contributed by atoms with van der Waals surface area (Å²) in [5, 5.41) is 19.6. The van der Waals surface area contributed by atoms with Crippen molar-refractivity contribution in [2.24, 2.45) is 0 Å². The fourth-order valence-electron chi connectivity index (χ4n) is 4.29. The van der Waals surface area contributed by atoms with E-state index in [4.69, 9.17) is 4.74 Å². The van der Waals surface area contributed by atoms with Gasteiger partial charge in [-0.15, -0.1) is 0 Å². The molecule has 0 aliphatic carbocycles. The molecular weight excluding hydrogens is 429 g/mol. The van der Waals surface area contributed by atoms with Crippen LogP contribution in [0.2, 0.25) is 0 Å². The van der Waals surface area contributed by atoms with Crippen LogP contribution in [0.1, 0.15) is 46.8 Å². The molecule has 2 N–H and O–H groups in total. The van der Waals surface area contributed by atoms with Gasteiger partial charge >= 0.3 is 6.18 Å². The number of rotatable bonds is 5. The largest absolute Gasteiger partial charge is 0.416 e. The lowest BCUT2D eigenvalue weighted by Crippen LogP contribution is -2.33.